The van der Waals surface area contributed by atoms with Gasteiger partial charge in [-0.3, -0.25) is 4.68 Å². The first-order valence-corrected chi connectivity index (χ1v) is 8.35. The molecule has 0 radical (unpaired) electrons. The quantitative estimate of drug-likeness (QED) is 0.841. The summed E-state index contributed by atoms with van der Waals surface area (Å²) >= 11 is 6.47. The SMILES string of the molecule is CCn1nc(C)c(Cl)c1CC1(CNCC(C)C)CCOC1. The van der Waals surface area contributed by atoms with Gasteiger partial charge in [-0.25, -0.2) is 0 Å². The van der Waals surface area contributed by atoms with Crippen molar-refractivity contribution >= 4 is 11.6 Å². The first-order chi connectivity index (χ1) is 9.97. The summed E-state index contributed by atoms with van der Waals surface area (Å²) in [7, 11) is 0. The molecule has 0 bridgehead atoms. The molecule has 0 aliphatic carbocycles. The van der Waals surface area contributed by atoms with Crippen LogP contribution in [0.25, 0.3) is 0 Å². The van der Waals surface area contributed by atoms with E-state index in [0.29, 0.717) is 5.92 Å². The van der Waals surface area contributed by atoms with Crippen molar-refractivity contribution in [1.29, 1.82) is 0 Å². The highest BCUT2D eigenvalue weighted by Crippen LogP contribution is 2.35. The van der Waals surface area contributed by atoms with Crippen molar-refractivity contribution in [2.75, 3.05) is 26.3 Å². The van der Waals surface area contributed by atoms with Gasteiger partial charge in [-0.2, -0.15) is 5.10 Å². The molecule has 2 rings (SSSR count). The lowest BCUT2D eigenvalue weighted by atomic mass is 9.82. The van der Waals surface area contributed by atoms with Gasteiger partial charge in [-0.05, 0) is 39.2 Å². The van der Waals surface area contributed by atoms with Crippen molar-refractivity contribution in [2.45, 2.75) is 47.1 Å². The summed E-state index contributed by atoms with van der Waals surface area (Å²) < 4.78 is 7.74. The fourth-order valence-electron chi connectivity index (χ4n) is 3.01. The number of hydrogen-bond donors (Lipinski definition) is 1. The normalized spacial score (nSPS) is 22.4. The van der Waals surface area contributed by atoms with E-state index >= 15 is 0 Å². The number of nitrogens with zero attached hydrogens (tertiary/aromatic N) is 2. The van der Waals surface area contributed by atoms with Crippen molar-refractivity contribution in [1.82, 2.24) is 15.1 Å². The zero-order chi connectivity index (χ0) is 15.5. The van der Waals surface area contributed by atoms with Gasteiger partial charge in [-0.1, -0.05) is 25.4 Å². The number of nitrogens with one attached hydrogen (secondary N) is 1. The summed E-state index contributed by atoms with van der Waals surface area (Å²) in [5, 5.41) is 8.96. The summed E-state index contributed by atoms with van der Waals surface area (Å²) in [6.07, 6.45) is 2.02. The number of hydrogen-bond acceptors (Lipinski definition) is 3. The van der Waals surface area contributed by atoms with Crippen molar-refractivity contribution < 1.29 is 4.74 Å². The van der Waals surface area contributed by atoms with E-state index in [-0.39, 0.29) is 5.41 Å². The molecule has 120 valence electrons. The van der Waals surface area contributed by atoms with E-state index in [0.717, 1.165) is 62.1 Å². The standard InChI is InChI=1S/C16H28ClN3O/c1-5-20-14(15(17)13(4)19-20)8-16(6-7-21-11-16)10-18-9-12(2)3/h12,18H,5-11H2,1-4H3. The molecular formula is C16H28ClN3O. The molecule has 1 aliphatic rings. The van der Waals surface area contributed by atoms with Crippen LogP contribution in [0.5, 0.6) is 0 Å². The minimum atomic E-state index is 0.151. The topological polar surface area (TPSA) is 39.1 Å². The molecule has 4 nitrogen and oxygen atoms in total. The number of ether oxygens (including phenoxy) is 1. The fourth-order valence-corrected chi connectivity index (χ4v) is 3.21. The van der Waals surface area contributed by atoms with Gasteiger partial charge in [-0.15, -0.1) is 0 Å². The average molecular weight is 314 g/mol. The fraction of sp³-hybridized carbons (Fsp3) is 0.812. The van der Waals surface area contributed by atoms with Crippen molar-refractivity contribution in [2.24, 2.45) is 11.3 Å². The van der Waals surface area contributed by atoms with E-state index in [1.165, 1.54) is 0 Å². The van der Waals surface area contributed by atoms with E-state index in [2.05, 4.69) is 31.2 Å². The summed E-state index contributed by atoms with van der Waals surface area (Å²) in [5.74, 6) is 0.663. The lowest BCUT2D eigenvalue weighted by Crippen LogP contribution is -2.38. The molecule has 21 heavy (non-hydrogen) atoms. The molecule has 1 aromatic heterocycles. The molecule has 1 aliphatic heterocycles. The highest BCUT2D eigenvalue weighted by atomic mass is 35.5. The Labute approximate surface area is 133 Å². The highest BCUT2D eigenvalue weighted by molar-refractivity contribution is 6.31. The molecule has 1 saturated heterocycles. The molecule has 1 aromatic rings. The first kappa shape index (κ1) is 16.8. The molecule has 1 fully saturated rings. The first-order valence-electron chi connectivity index (χ1n) is 7.97. The van der Waals surface area contributed by atoms with Gasteiger partial charge in [0.1, 0.15) is 0 Å². The zero-order valence-corrected chi connectivity index (χ0v) is 14.5. The third-order valence-electron chi connectivity index (χ3n) is 4.23. The van der Waals surface area contributed by atoms with Gasteiger partial charge < -0.3 is 10.1 Å². The molecule has 0 aromatic carbocycles. The molecule has 5 heteroatoms. The molecule has 1 atom stereocenters. The molecule has 1 unspecified atom stereocenters. The Bertz CT molecular complexity index is 464. The highest BCUT2D eigenvalue weighted by Gasteiger charge is 2.36. The second-order valence-corrected chi connectivity index (χ2v) is 7.04. The third kappa shape index (κ3) is 3.99. The molecular weight excluding hydrogens is 286 g/mol. The van der Waals surface area contributed by atoms with Crippen molar-refractivity contribution in [3.05, 3.63) is 16.4 Å². The minimum Gasteiger partial charge on any atom is -0.381 e. The number of aromatic nitrogens is 2. The van der Waals surface area contributed by atoms with E-state index in [4.69, 9.17) is 16.3 Å². The smallest absolute Gasteiger partial charge is 0.0847 e. The van der Waals surface area contributed by atoms with Crippen LogP contribution in [0.3, 0.4) is 0 Å². The van der Waals surface area contributed by atoms with Gasteiger partial charge in [0.05, 0.1) is 23.0 Å². The predicted octanol–water partition coefficient (Wildman–Crippen LogP) is 3.06. The van der Waals surface area contributed by atoms with Crippen LogP contribution in [-0.4, -0.2) is 36.1 Å². The van der Waals surface area contributed by atoms with Gasteiger partial charge in [0.15, 0.2) is 0 Å². The van der Waals surface area contributed by atoms with Gasteiger partial charge in [0, 0.05) is 25.1 Å². The minimum absolute atomic E-state index is 0.151. The van der Waals surface area contributed by atoms with Gasteiger partial charge in [0.25, 0.3) is 0 Å². The van der Waals surface area contributed by atoms with Crippen LogP contribution >= 0.6 is 11.6 Å². The second-order valence-electron chi connectivity index (χ2n) is 6.67. The van der Waals surface area contributed by atoms with E-state index < -0.39 is 0 Å². The summed E-state index contributed by atoms with van der Waals surface area (Å²) in [5.41, 5.74) is 2.24. The monoisotopic (exact) mass is 313 g/mol. The van der Waals surface area contributed by atoms with Crippen molar-refractivity contribution in [3.8, 4) is 0 Å². The van der Waals surface area contributed by atoms with Crippen LogP contribution in [0.4, 0.5) is 0 Å². The maximum atomic E-state index is 6.47. The third-order valence-corrected chi connectivity index (χ3v) is 4.72. The van der Waals surface area contributed by atoms with Crippen LogP contribution in [-0.2, 0) is 17.7 Å². The Balaban J connectivity index is 2.12. The summed E-state index contributed by atoms with van der Waals surface area (Å²) in [6.45, 7) is 13.1. The number of halogens is 1. The van der Waals surface area contributed by atoms with Crippen LogP contribution in [0.15, 0.2) is 0 Å². The molecule has 0 spiro atoms. The van der Waals surface area contributed by atoms with Crippen LogP contribution in [0.1, 0.15) is 38.6 Å². The predicted molar refractivity (Wildman–Crippen MR) is 86.9 cm³/mol. The number of aryl methyl sites for hydroxylation is 2. The molecule has 0 amide bonds. The zero-order valence-electron chi connectivity index (χ0n) is 13.7. The maximum absolute atomic E-state index is 6.47. The van der Waals surface area contributed by atoms with Crippen LogP contribution < -0.4 is 5.32 Å². The lowest BCUT2D eigenvalue weighted by molar-refractivity contribution is 0.147. The Morgan fingerprint density at radius 3 is 2.81 bits per heavy atom. The van der Waals surface area contributed by atoms with Crippen LogP contribution in [0, 0.1) is 18.3 Å². The van der Waals surface area contributed by atoms with E-state index in [9.17, 15) is 0 Å². The Hall–Kier alpha value is -0.580. The van der Waals surface area contributed by atoms with Crippen LogP contribution in [0.2, 0.25) is 5.02 Å². The maximum Gasteiger partial charge on any atom is 0.0847 e. The Morgan fingerprint density at radius 1 is 1.48 bits per heavy atom. The lowest BCUT2D eigenvalue weighted by Gasteiger charge is -2.28. The summed E-state index contributed by atoms with van der Waals surface area (Å²) in [6, 6.07) is 0. The largest absolute Gasteiger partial charge is 0.381 e. The Kier molecular flexibility index (Phi) is 5.69. The van der Waals surface area contributed by atoms with E-state index in [1.54, 1.807) is 0 Å². The Morgan fingerprint density at radius 2 is 2.24 bits per heavy atom. The molecule has 0 saturated carbocycles. The van der Waals surface area contributed by atoms with E-state index in [1.807, 2.05) is 11.6 Å². The summed E-state index contributed by atoms with van der Waals surface area (Å²) in [4.78, 5) is 0. The van der Waals surface area contributed by atoms with Gasteiger partial charge in [0.2, 0.25) is 0 Å². The second kappa shape index (κ2) is 7.12. The number of rotatable bonds is 7. The molecule has 2 heterocycles. The van der Waals surface area contributed by atoms with Gasteiger partial charge >= 0.3 is 0 Å². The van der Waals surface area contributed by atoms with Crippen molar-refractivity contribution in [3.63, 3.8) is 0 Å². The molecule has 1 N–H and O–H groups in total. The average Bonchev–Trinajstić information content (AvgIpc) is 2.99.